The molecule has 1 heterocycles. The van der Waals surface area contributed by atoms with Gasteiger partial charge < -0.3 is 35.6 Å². The van der Waals surface area contributed by atoms with Gasteiger partial charge in [0, 0.05) is 0 Å². The summed E-state index contributed by atoms with van der Waals surface area (Å²) in [7, 11) is 0. The number of hydrogen-bond acceptors (Lipinski definition) is 7. The van der Waals surface area contributed by atoms with E-state index >= 15 is 0 Å². The van der Waals surface area contributed by atoms with Crippen molar-refractivity contribution in [3.05, 3.63) is 0 Å². The van der Waals surface area contributed by atoms with Crippen molar-refractivity contribution in [3.63, 3.8) is 0 Å². The number of aliphatic hydroxyl groups is 4. The molecule has 196 valence electrons. The van der Waals surface area contributed by atoms with Crippen LogP contribution < -0.4 is 5.73 Å². The first-order chi connectivity index (χ1) is 16.0. The van der Waals surface area contributed by atoms with Crippen molar-refractivity contribution in [1.82, 2.24) is 0 Å². The molecule has 1 saturated heterocycles. The van der Waals surface area contributed by atoms with E-state index < -0.39 is 36.3 Å². The van der Waals surface area contributed by atoms with Gasteiger partial charge in [-0.15, -0.1) is 0 Å². The second kappa shape index (κ2) is 8.93. The van der Waals surface area contributed by atoms with E-state index in [1.807, 2.05) is 0 Å². The van der Waals surface area contributed by atoms with Crippen molar-refractivity contribution in [2.24, 2.45) is 40.2 Å². The van der Waals surface area contributed by atoms with Gasteiger partial charge in [0.2, 0.25) is 0 Å². The Hall–Kier alpha value is -0.280. The Morgan fingerprint density at radius 3 is 2.41 bits per heavy atom. The molecule has 4 saturated carbocycles. The molecule has 0 aromatic heterocycles. The SMILES string of the molecule is CC1OC(O[C@H]2CC[C@@]3(C)[C@H](CC[C@@H]4[C@@H]3CC[C@]3(C)[C@@H](CCN)CC[C@]43O)C2)C(O)C(O)C1O. The molecule has 1 aliphatic heterocycles. The first-order valence-corrected chi connectivity index (χ1v) is 13.8. The lowest BCUT2D eigenvalue weighted by Gasteiger charge is -2.64. The monoisotopic (exact) mass is 481 g/mol. The summed E-state index contributed by atoms with van der Waals surface area (Å²) in [5.41, 5.74) is 5.56. The van der Waals surface area contributed by atoms with Gasteiger partial charge in [-0.05, 0) is 112 Å². The van der Waals surface area contributed by atoms with E-state index in [2.05, 4.69) is 13.8 Å². The molecule has 5 fully saturated rings. The summed E-state index contributed by atoms with van der Waals surface area (Å²) in [6.45, 7) is 7.20. The third kappa shape index (κ3) is 3.64. The number of rotatable bonds is 4. The lowest BCUT2D eigenvalue weighted by atomic mass is 9.43. The standard InChI is InChI=1S/C27H47NO6/c1-15-21(29)22(30)23(31)24(33-15)34-18-7-10-25(2)17(14-18)4-5-20-19(25)8-11-26(3)16(9-13-28)6-12-27(20,26)32/h15-24,29-32H,4-14,28H2,1-3H3/t15?,16-,17-,18+,19+,20-,21?,22?,23?,24?,25+,26-,27+/m1/s1. The third-order valence-electron chi connectivity index (χ3n) is 11.6. The normalized spacial score (nSPS) is 57.5. The number of aliphatic hydroxyl groups excluding tert-OH is 3. The summed E-state index contributed by atoms with van der Waals surface area (Å²) >= 11 is 0. The van der Waals surface area contributed by atoms with Gasteiger partial charge in [0.15, 0.2) is 6.29 Å². The van der Waals surface area contributed by atoms with Gasteiger partial charge in [0.05, 0.1) is 17.8 Å². The molecule has 13 atom stereocenters. The molecule has 5 aliphatic rings. The molecule has 7 heteroatoms. The predicted molar refractivity (Wildman–Crippen MR) is 128 cm³/mol. The zero-order chi connectivity index (χ0) is 24.5. The van der Waals surface area contributed by atoms with Gasteiger partial charge in [0.25, 0.3) is 0 Å². The molecule has 0 bridgehead atoms. The predicted octanol–water partition coefficient (Wildman–Crippen LogP) is 2.32. The summed E-state index contributed by atoms with van der Waals surface area (Å²) in [6.07, 6.45) is 5.23. The van der Waals surface area contributed by atoms with Crippen molar-refractivity contribution >= 4 is 0 Å². The quantitative estimate of drug-likeness (QED) is 0.390. The maximum absolute atomic E-state index is 12.2. The Bertz CT molecular complexity index is 753. The fourth-order valence-corrected chi connectivity index (χ4v) is 9.40. The first kappa shape index (κ1) is 25.4. The summed E-state index contributed by atoms with van der Waals surface area (Å²) < 4.78 is 11.9. The highest BCUT2D eigenvalue weighted by molar-refractivity contribution is 5.16. The first-order valence-electron chi connectivity index (χ1n) is 13.8. The van der Waals surface area contributed by atoms with Crippen molar-refractivity contribution in [3.8, 4) is 0 Å². The van der Waals surface area contributed by atoms with Gasteiger partial charge in [-0.1, -0.05) is 13.8 Å². The Morgan fingerprint density at radius 2 is 1.68 bits per heavy atom. The minimum atomic E-state index is -1.26. The molecular formula is C27H47NO6. The van der Waals surface area contributed by atoms with Gasteiger partial charge in [-0.25, -0.2) is 0 Å². The van der Waals surface area contributed by atoms with Gasteiger partial charge in [0.1, 0.15) is 18.3 Å². The zero-order valence-electron chi connectivity index (χ0n) is 21.2. The van der Waals surface area contributed by atoms with Crippen molar-refractivity contribution in [1.29, 1.82) is 0 Å². The average Bonchev–Trinajstić information content (AvgIpc) is 3.07. The lowest BCUT2D eigenvalue weighted by molar-refractivity contribution is -0.310. The smallest absolute Gasteiger partial charge is 0.186 e. The van der Waals surface area contributed by atoms with E-state index in [0.717, 1.165) is 57.8 Å². The summed E-state index contributed by atoms with van der Waals surface area (Å²) in [5, 5.41) is 42.7. The molecule has 6 N–H and O–H groups in total. The minimum Gasteiger partial charge on any atom is -0.389 e. The number of nitrogens with two attached hydrogens (primary N) is 1. The van der Waals surface area contributed by atoms with Crippen LogP contribution in [0.2, 0.25) is 0 Å². The Kier molecular flexibility index (Phi) is 6.66. The molecular weight excluding hydrogens is 434 g/mol. The van der Waals surface area contributed by atoms with Gasteiger partial charge in [-0.2, -0.15) is 0 Å². The molecule has 5 rings (SSSR count). The molecule has 0 aromatic carbocycles. The van der Waals surface area contributed by atoms with Crippen LogP contribution in [0.1, 0.15) is 85.0 Å². The molecule has 0 aromatic rings. The molecule has 0 spiro atoms. The summed E-state index contributed by atoms with van der Waals surface area (Å²) in [6, 6.07) is 0. The van der Waals surface area contributed by atoms with E-state index in [0.29, 0.717) is 30.2 Å². The van der Waals surface area contributed by atoms with E-state index in [1.165, 1.54) is 6.42 Å². The summed E-state index contributed by atoms with van der Waals surface area (Å²) in [5.74, 6) is 1.97. The van der Waals surface area contributed by atoms with Crippen LogP contribution in [-0.4, -0.2) is 69.4 Å². The highest BCUT2D eigenvalue weighted by Crippen LogP contribution is 2.69. The lowest BCUT2D eigenvalue weighted by Crippen LogP contribution is -2.62. The van der Waals surface area contributed by atoms with E-state index in [4.69, 9.17) is 15.2 Å². The number of hydrogen-bond donors (Lipinski definition) is 5. The second-order valence-corrected chi connectivity index (χ2v) is 12.9. The average molecular weight is 482 g/mol. The second-order valence-electron chi connectivity index (χ2n) is 12.9. The topological polar surface area (TPSA) is 125 Å². The molecule has 0 radical (unpaired) electrons. The van der Waals surface area contributed by atoms with Crippen LogP contribution in [0, 0.1) is 34.5 Å². The molecule has 5 unspecified atom stereocenters. The zero-order valence-corrected chi connectivity index (χ0v) is 21.2. The fourth-order valence-electron chi connectivity index (χ4n) is 9.40. The van der Waals surface area contributed by atoms with Crippen LogP contribution in [-0.2, 0) is 9.47 Å². The molecule has 7 nitrogen and oxygen atoms in total. The molecule has 0 amide bonds. The molecule has 4 aliphatic carbocycles. The fraction of sp³-hybridized carbons (Fsp3) is 1.00. The van der Waals surface area contributed by atoms with Crippen LogP contribution in [0.3, 0.4) is 0 Å². The largest absolute Gasteiger partial charge is 0.389 e. The van der Waals surface area contributed by atoms with E-state index in [1.54, 1.807) is 6.92 Å². The maximum atomic E-state index is 12.2. The minimum absolute atomic E-state index is 0.00635. The van der Waals surface area contributed by atoms with Crippen molar-refractivity contribution in [2.75, 3.05) is 6.54 Å². The van der Waals surface area contributed by atoms with E-state index in [9.17, 15) is 20.4 Å². The third-order valence-corrected chi connectivity index (χ3v) is 11.6. The van der Waals surface area contributed by atoms with Gasteiger partial charge >= 0.3 is 0 Å². The number of fused-ring (bicyclic) bond motifs is 5. The number of ether oxygens (including phenoxy) is 2. The van der Waals surface area contributed by atoms with Gasteiger partial charge in [-0.3, -0.25) is 0 Å². The van der Waals surface area contributed by atoms with E-state index in [-0.39, 0.29) is 16.9 Å². The van der Waals surface area contributed by atoms with Crippen LogP contribution in [0.25, 0.3) is 0 Å². The Balaban J connectivity index is 1.28. The summed E-state index contributed by atoms with van der Waals surface area (Å²) in [4.78, 5) is 0. The highest BCUT2D eigenvalue weighted by Gasteiger charge is 2.67. The van der Waals surface area contributed by atoms with Crippen LogP contribution in [0.5, 0.6) is 0 Å². The highest BCUT2D eigenvalue weighted by atomic mass is 16.7. The van der Waals surface area contributed by atoms with Crippen molar-refractivity contribution in [2.45, 2.75) is 127 Å². The van der Waals surface area contributed by atoms with Crippen LogP contribution >= 0.6 is 0 Å². The van der Waals surface area contributed by atoms with Crippen molar-refractivity contribution < 1.29 is 29.9 Å². The van der Waals surface area contributed by atoms with Crippen LogP contribution in [0.4, 0.5) is 0 Å². The Labute approximate surface area is 204 Å². The van der Waals surface area contributed by atoms with Crippen LogP contribution in [0.15, 0.2) is 0 Å². The molecule has 34 heavy (non-hydrogen) atoms. The Morgan fingerprint density at radius 1 is 0.912 bits per heavy atom. The maximum Gasteiger partial charge on any atom is 0.186 e.